The fourth-order valence-corrected chi connectivity index (χ4v) is 2.45. The van der Waals surface area contributed by atoms with E-state index in [0.29, 0.717) is 0 Å². The van der Waals surface area contributed by atoms with Crippen molar-refractivity contribution in [2.24, 2.45) is 0 Å². The molecule has 8 heteroatoms. The Labute approximate surface area is 138 Å². The first-order valence-electron chi connectivity index (χ1n) is 7.00. The van der Waals surface area contributed by atoms with Crippen molar-refractivity contribution in [1.29, 1.82) is 0 Å². The summed E-state index contributed by atoms with van der Waals surface area (Å²) in [7, 11) is 0. The average molecular weight is 349 g/mol. The summed E-state index contributed by atoms with van der Waals surface area (Å²) in [5, 5.41) is 14.0. The number of carboxylic acids is 1. The maximum atomic E-state index is 13.2. The fraction of sp³-hybridized carbons (Fsp3) is 0.0588. The number of aromatic carboxylic acids is 1. The van der Waals surface area contributed by atoms with Gasteiger partial charge in [-0.3, -0.25) is 4.98 Å². The Balaban J connectivity index is 2.14. The Hall–Kier alpha value is -3.16. The highest BCUT2D eigenvalue weighted by Crippen LogP contribution is 2.36. The average Bonchev–Trinajstić information content (AvgIpc) is 2.55. The van der Waals surface area contributed by atoms with E-state index in [-0.39, 0.29) is 22.3 Å². The number of carbonyl (C=O) groups is 1. The molecule has 0 bridgehead atoms. The molecule has 3 aromatic rings. The largest absolute Gasteiger partial charge is 0.545 e. The lowest BCUT2D eigenvalue weighted by Gasteiger charge is -2.16. The van der Waals surface area contributed by atoms with Crippen LogP contribution in [0.5, 0.6) is 0 Å². The Morgan fingerprint density at radius 3 is 2.52 bits per heavy atom. The van der Waals surface area contributed by atoms with Crippen LogP contribution in [0.15, 0.2) is 48.7 Å². The summed E-state index contributed by atoms with van der Waals surface area (Å²) in [5.41, 5.74) is -1.45. The number of hydrogen-bond acceptors (Lipinski definition) is 4. The van der Waals surface area contributed by atoms with Gasteiger partial charge in [0.25, 0.3) is 0 Å². The van der Waals surface area contributed by atoms with Gasteiger partial charge in [0.05, 0.1) is 17.0 Å². The van der Waals surface area contributed by atoms with Crippen LogP contribution in [0.25, 0.3) is 10.9 Å². The van der Waals surface area contributed by atoms with Gasteiger partial charge in [-0.15, -0.1) is 0 Å². The first-order valence-corrected chi connectivity index (χ1v) is 7.00. The van der Waals surface area contributed by atoms with Gasteiger partial charge in [-0.25, -0.2) is 4.39 Å². The van der Waals surface area contributed by atoms with Crippen LogP contribution in [0.3, 0.4) is 0 Å². The number of alkyl halides is 3. The summed E-state index contributed by atoms with van der Waals surface area (Å²) < 4.78 is 52.5. The molecule has 2 aromatic carbocycles. The van der Waals surface area contributed by atoms with Gasteiger partial charge >= 0.3 is 6.18 Å². The monoisotopic (exact) mass is 349 g/mol. The molecule has 0 amide bonds. The van der Waals surface area contributed by atoms with Crippen LogP contribution >= 0.6 is 0 Å². The molecule has 0 radical (unpaired) electrons. The van der Waals surface area contributed by atoms with E-state index in [1.165, 1.54) is 30.5 Å². The summed E-state index contributed by atoms with van der Waals surface area (Å²) in [6, 6.07) is 7.90. The molecule has 0 saturated heterocycles. The van der Waals surface area contributed by atoms with Crippen molar-refractivity contribution in [2.45, 2.75) is 6.18 Å². The van der Waals surface area contributed by atoms with Crippen molar-refractivity contribution in [1.82, 2.24) is 4.98 Å². The zero-order valence-electron chi connectivity index (χ0n) is 12.4. The Morgan fingerprint density at radius 2 is 1.84 bits per heavy atom. The molecule has 1 N–H and O–H groups in total. The molecule has 0 aliphatic rings. The molecule has 4 nitrogen and oxygen atoms in total. The number of nitrogens with one attached hydrogen (secondary N) is 1. The lowest BCUT2D eigenvalue weighted by molar-refractivity contribution is -0.254. The van der Waals surface area contributed by atoms with E-state index in [1.54, 1.807) is 0 Å². The summed E-state index contributed by atoms with van der Waals surface area (Å²) in [6.07, 6.45) is -3.42. The number of carbonyl (C=O) groups excluding carboxylic acids is 1. The van der Waals surface area contributed by atoms with Crippen LogP contribution < -0.4 is 10.4 Å². The van der Waals surface area contributed by atoms with Gasteiger partial charge in [-0.1, -0.05) is 12.1 Å². The molecule has 1 heterocycles. The van der Waals surface area contributed by atoms with Crippen molar-refractivity contribution in [3.63, 3.8) is 0 Å². The van der Waals surface area contributed by atoms with Crippen LogP contribution in [0, 0.1) is 5.82 Å². The number of benzene rings is 2. The third kappa shape index (κ3) is 3.23. The minimum atomic E-state index is -4.59. The number of rotatable bonds is 3. The molecule has 0 aliphatic heterocycles. The highest BCUT2D eigenvalue weighted by Gasteiger charge is 2.33. The van der Waals surface area contributed by atoms with Crippen LogP contribution in [-0.4, -0.2) is 11.0 Å². The number of fused-ring (bicyclic) bond motifs is 1. The Kier molecular flexibility index (Phi) is 4.03. The second-order valence-corrected chi connectivity index (χ2v) is 5.16. The van der Waals surface area contributed by atoms with E-state index in [1.807, 2.05) is 0 Å². The topological polar surface area (TPSA) is 65.0 Å². The zero-order valence-corrected chi connectivity index (χ0v) is 12.4. The van der Waals surface area contributed by atoms with Gasteiger partial charge in [0, 0.05) is 28.5 Å². The maximum Gasteiger partial charge on any atom is 0.418 e. The van der Waals surface area contributed by atoms with Gasteiger partial charge in [-0.05, 0) is 30.3 Å². The van der Waals surface area contributed by atoms with E-state index in [4.69, 9.17) is 0 Å². The molecule has 0 aliphatic carbocycles. The SMILES string of the molecule is O=C([O-])c1cc(F)ccc1Nc1ccnc2c(C(F)(F)F)cccc12. The molecular formula is C17H9F4N2O2-. The van der Waals surface area contributed by atoms with Crippen molar-refractivity contribution in [3.05, 3.63) is 65.6 Å². The van der Waals surface area contributed by atoms with E-state index < -0.39 is 29.1 Å². The number of para-hydroxylation sites is 1. The number of aromatic nitrogens is 1. The van der Waals surface area contributed by atoms with Crippen LogP contribution in [0.4, 0.5) is 28.9 Å². The van der Waals surface area contributed by atoms with E-state index >= 15 is 0 Å². The number of nitrogens with zero attached hydrogens (tertiary/aromatic N) is 1. The van der Waals surface area contributed by atoms with Crippen molar-refractivity contribution in [3.8, 4) is 0 Å². The summed E-state index contributed by atoms with van der Waals surface area (Å²) in [6.45, 7) is 0. The van der Waals surface area contributed by atoms with Crippen LogP contribution in [0.2, 0.25) is 0 Å². The van der Waals surface area contributed by atoms with E-state index in [0.717, 1.165) is 18.2 Å². The van der Waals surface area contributed by atoms with Gasteiger partial charge in [0.1, 0.15) is 5.82 Å². The van der Waals surface area contributed by atoms with Gasteiger partial charge in [-0.2, -0.15) is 13.2 Å². The molecule has 0 saturated carbocycles. The number of halogens is 4. The second-order valence-electron chi connectivity index (χ2n) is 5.16. The first-order chi connectivity index (χ1) is 11.8. The van der Waals surface area contributed by atoms with Gasteiger partial charge < -0.3 is 15.2 Å². The number of anilines is 2. The fourth-order valence-electron chi connectivity index (χ4n) is 2.45. The predicted molar refractivity (Wildman–Crippen MR) is 80.8 cm³/mol. The molecular weight excluding hydrogens is 340 g/mol. The third-order valence-corrected chi connectivity index (χ3v) is 3.55. The molecule has 0 atom stereocenters. The minimum absolute atomic E-state index is 0.00804. The van der Waals surface area contributed by atoms with Crippen LogP contribution in [0.1, 0.15) is 15.9 Å². The van der Waals surface area contributed by atoms with Crippen molar-refractivity contribution >= 4 is 28.2 Å². The van der Waals surface area contributed by atoms with Crippen molar-refractivity contribution in [2.75, 3.05) is 5.32 Å². The normalized spacial score (nSPS) is 11.5. The number of carboxylic acid groups (broad SMARTS) is 1. The number of hydrogen-bond donors (Lipinski definition) is 1. The van der Waals surface area contributed by atoms with E-state index in [9.17, 15) is 27.5 Å². The standard InChI is InChI=1S/C17H10F4N2O2/c18-9-4-5-13(11(8-9)16(24)25)23-14-6-7-22-15-10(14)2-1-3-12(15)17(19,20)21/h1-8H,(H,22,23)(H,24,25)/p-1. The molecule has 1 aromatic heterocycles. The lowest BCUT2D eigenvalue weighted by Crippen LogP contribution is -2.23. The quantitative estimate of drug-likeness (QED) is 0.735. The molecule has 0 spiro atoms. The smallest absolute Gasteiger partial charge is 0.418 e. The second kappa shape index (κ2) is 6.04. The van der Waals surface area contributed by atoms with Gasteiger partial charge in [0.2, 0.25) is 0 Å². The lowest BCUT2D eigenvalue weighted by atomic mass is 10.1. The summed E-state index contributed by atoms with van der Waals surface area (Å²) >= 11 is 0. The van der Waals surface area contributed by atoms with Gasteiger partial charge in [0.15, 0.2) is 0 Å². The molecule has 25 heavy (non-hydrogen) atoms. The summed E-state index contributed by atoms with van der Waals surface area (Å²) in [5.74, 6) is -2.39. The molecule has 0 unspecified atom stereocenters. The third-order valence-electron chi connectivity index (χ3n) is 3.55. The zero-order chi connectivity index (χ0) is 18.2. The molecule has 128 valence electrons. The summed E-state index contributed by atoms with van der Waals surface area (Å²) in [4.78, 5) is 14.9. The maximum absolute atomic E-state index is 13.2. The highest BCUT2D eigenvalue weighted by atomic mass is 19.4. The molecule has 3 rings (SSSR count). The van der Waals surface area contributed by atoms with E-state index in [2.05, 4.69) is 10.3 Å². The van der Waals surface area contributed by atoms with Crippen LogP contribution in [-0.2, 0) is 6.18 Å². The number of pyridine rings is 1. The predicted octanol–water partition coefficient (Wildman–Crippen LogP) is 3.50. The Morgan fingerprint density at radius 1 is 1.08 bits per heavy atom. The molecule has 0 fully saturated rings. The Bertz CT molecular complexity index is 971. The first kappa shape index (κ1) is 16.7. The van der Waals surface area contributed by atoms with Crippen molar-refractivity contribution < 1.29 is 27.5 Å². The minimum Gasteiger partial charge on any atom is -0.545 e. The highest BCUT2D eigenvalue weighted by molar-refractivity contribution is 5.98.